The van der Waals surface area contributed by atoms with E-state index in [1.165, 1.54) is 48.5 Å². The Labute approximate surface area is 178 Å². The SMILES string of the molecule is CCCc1ccc(C#CN(S(=O)(=O)c2ccccc2)S(=O)(=O)c2ccccc2)cc1. The van der Waals surface area contributed by atoms with Crippen molar-refractivity contribution < 1.29 is 16.8 Å². The number of aryl methyl sites for hydroxylation is 1. The summed E-state index contributed by atoms with van der Waals surface area (Å²) in [7, 11) is -8.84. The van der Waals surface area contributed by atoms with Gasteiger partial charge in [0.15, 0.2) is 0 Å². The first kappa shape index (κ1) is 21.6. The normalized spacial score (nSPS) is 11.4. The van der Waals surface area contributed by atoms with Crippen LogP contribution >= 0.6 is 0 Å². The zero-order valence-electron chi connectivity index (χ0n) is 16.4. The van der Waals surface area contributed by atoms with E-state index in [0.29, 0.717) is 5.56 Å². The molecule has 0 bridgehead atoms. The molecule has 3 aromatic rings. The summed E-state index contributed by atoms with van der Waals surface area (Å²) in [6.07, 6.45) is 1.92. The van der Waals surface area contributed by atoms with E-state index < -0.39 is 20.0 Å². The monoisotopic (exact) mass is 439 g/mol. The minimum absolute atomic E-state index is 0.155. The van der Waals surface area contributed by atoms with E-state index in [9.17, 15) is 16.8 Å². The molecule has 0 N–H and O–H groups in total. The Balaban J connectivity index is 2.10. The van der Waals surface area contributed by atoms with Crippen molar-refractivity contribution in [3.05, 3.63) is 96.1 Å². The van der Waals surface area contributed by atoms with Gasteiger partial charge >= 0.3 is 0 Å². The van der Waals surface area contributed by atoms with Gasteiger partial charge in [0, 0.05) is 11.6 Å². The largest absolute Gasteiger partial charge is 0.284 e. The molecule has 0 radical (unpaired) electrons. The number of rotatable bonds is 6. The molecular weight excluding hydrogens is 418 g/mol. The first-order valence-electron chi connectivity index (χ1n) is 9.37. The van der Waals surface area contributed by atoms with Crippen LogP contribution in [-0.4, -0.2) is 20.5 Å². The molecule has 0 amide bonds. The van der Waals surface area contributed by atoms with Crippen molar-refractivity contribution in [1.29, 1.82) is 0 Å². The number of hydrogen-bond acceptors (Lipinski definition) is 4. The third-order valence-corrected chi connectivity index (χ3v) is 8.27. The molecule has 3 aromatic carbocycles. The second-order valence-electron chi connectivity index (χ2n) is 6.52. The van der Waals surface area contributed by atoms with Crippen molar-refractivity contribution in [3.8, 4) is 12.0 Å². The van der Waals surface area contributed by atoms with Crippen molar-refractivity contribution in [2.24, 2.45) is 0 Å². The maximum atomic E-state index is 13.2. The first-order chi connectivity index (χ1) is 14.4. The summed E-state index contributed by atoms with van der Waals surface area (Å²) >= 11 is 0. The molecule has 0 unspecified atom stereocenters. The second kappa shape index (κ2) is 9.16. The van der Waals surface area contributed by atoms with Gasteiger partial charge in [-0.1, -0.05) is 61.9 Å². The fraction of sp³-hybridized carbons (Fsp3) is 0.130. The van der Waals surface area contributed by atoms with Gasteiger partial charge in [0.25, 0.3) is 20.0 Å². The van der Waals surface area contributed by atoms with Crippen LogP contribution < -0.4 is 0 Å². The van der Waals surface area contributed by atoms with Gasteiger partial charge in [0.2, 0.25) is 0 Å². The van der Waals surface area contributed by atoms with Crippen molar-refractivity contribution >= 4 is 20.0 Å². The van der Waals surface area contributed by atoms with Crippen LogP contribution in [0.3, 0.4) is 0 Å². The zero-order valence-corrected chi connectivity index (χ0v) is 18.0. The molecule has 0 aliphatic heterocycles. The maximum Gasteiger partial charge on any atom is 0.284 e. The number of sulfonamides is 2. The summed E-state index contributed by atoms with van der Waals surface area (Å²) in [5.74, 6) is 2.68. The summed E-state index contributed by atoms with van der Waals surface area (Å²) in [5.41, 5.74) is 1.65. The van der Waals surface area contributed by atoms with Crippen molar-refractivity contribution in [2.45, 2.75) is 29.6 Å². The predicted molar refractivity (Wildman–Crippen MR) is 116 cm³/mol. The maximum absolute atomic E-state index is 13.2. The van der Waals surface area contributed by atoms with E-state index in [2.05, 4.69) is 18.9 Å². The molecule has 0 heterocycles. The van der Waals surface area contributed by atoms with E-state index in [0.717, 1.165) is 18.4 Å². The number of hydrogen-bond donors (Lipinski definition) is 0. The minimum atomic E-state index is -4.42. The fourth-order valence-corrected chi connectivity index (χ4v) is 6.05. The lowest BCUT2D eigenvalue weighted by Gasteiger charge is -2.18. The van der Waals surface area contributed by atoms with Crippen LogP contribution in [0, 0.1) is 12.0 Å². The van der Waals surface area contributed by atoms with Gasteiger partial charge in [-0.3, -0.25) is 0 Å². The van der Waals surface area contributed by atoms with Crippen LogP contribution in [0.4, 0.5) is 0 Å². The van der Waals surface area contributed by atoms with Gasteiger partial charge in [-0.25, -0.2) is 0 Å². The van der Waals surface area contributed by atoms with Crippen LogP contribution in [-0.2, 0) is 26.5 Å². The molecule has 0 aliphatic rings. The Morgan fingerprint density at radius 2 is 1.17 bits per heavy atom. The molecule has 0 aliphatic carbocycles. The van der Waals surface area contributed by atoms with Gasteiger partial charge in [-0.2, -0.15) is 16.8 Å². The van der Waals surface area contributed by atoms with Crippen molar-refractivity contribution in [2.75, 3.05) is 0 Å². The van der Waals surface area contributed by atoms with Gasteiger partial charge in [-0.15, -0.1) is 3.71 Å². The summed E-state index contributed by atoms with van der Waals surface area (Å²) < 4.78 is 52.9. The molecule has 0 atom stereocenters. The van der Waals surface area contributed by atoms with Crippen molar-refractivity contribution in [1.82, 2.24) is 3.71 Å². The van der Waals surface area contributed by atoms with Gasteiger partial charge in [-0.05, 0) is 54.3 Å². The molecule has 0 spiro atoms. The Hall–Kier alpha value is -3.08. The standard InChI is InChI=1S/C23H21NO4S2/c1-2-9-20-14-16-21(17-15-20)18-19-24(29(25,26)22-10-5-3-6-11-22)30(27,28)23-12-7-4-8-13-23/h3-8,10-17H,2,9H2,1H3. The van der Waals surface area contributed by atoms with Crippen LogP contribution in [0.2, 0.25) is 0 Å². The summed E-state index contributed by atoms with van der Waals surface area (Å²) in [5, 5.41) is 0. The van der Waals surface area contributed by atoms with Crippen molar-refractivity contribution in [3.63, 3.8) is 0 Å². The van der Waals surface area contributed by atoms with E-state index in [-0.39, 0.29) is 13.5 Å². The number of benzene rings is 3. The highest BCUT2D eigenvalue weighted by atomic mass is 32.3. The number of nitrogens with zero attached hydrogens (tertiary/aromatic N) is 1. The van der Waals surface area contributed by atoms with E-state index in [1.54, 1.807) is 24.3 Å². The molecule has 0 fully saturated rings. The lowest BCUT2D eigenvalue weighted by Crippen LogP contribution is -2.33. The molecule has 154 valence electrons. The van der Waals surface area contributed by atoms with Gasteiger partial charge < -0.3 is 0 Å². The topological polar surface area (TPSA) is 71.5 Å². The van der Waals surface area contributed by atoms with Crippen LogP contribution in [0.5, 0.6) is 0 Å². The Morgan fingerprint density at radius 1 is 0.700 bits per heavy atom. The summed E-state index contributed by atoms with van der Waals surface area (Å²) in [6, 6.07) is 24.4. The van der Waals surface area contributed by atoms with E-state index >= 15 is 0 Å². The first-order valence-corrected chi connectivity index (χ1v) is 12.2. The zero-order chi connectivity index (χ0) is 21.6. The molecule has 7 heteroatoms. The van der Waals surface area contributed by atoms with Crippen LogP contribution in [0.15, 0.2) is 94.7 Å². The summed E-state index contributed by atoms with van der Waals surface area (Å²) in [4.78, 5) is -0.311. The quantitative estimate of drug-likeness (QED) is 0.429. The average Bonchev–Trinajstić information content (AvgIpc) is 2.76. The molecule has 30 heavy (non-hydrogen) atoms. The molecule has 0 saturated carbocycles. The third-order valence-electron chi connectivity index (χ3n) is 4.30. The van der Waals surface area contributed by atoms with Gasteiger partial charge in [0.1, 0.15) is 0 Å². The molecular formula is C23H21NO4S2. The smallest absolute Gasteiger partial charge is 0.199 e. The lowest BCUT2D eigenvalue weighted by atomic mass is 10.1. The fourth-order valence-electron chi connectivity index (χ4n) is 2.78. The Bertz CT molecular complexity index is 1190. The van der Waals surface area contributed by atoms with E-state index in [1.807, 2.05) is 12.1 Å². The highest BCUT2D eigenvalue weighted by Gasteiger charge is 2.34. The minimum Gasteiger partial charge on any atom is -0.199 e. The van der Waals surface area contributed by atoms with Gasteiger partial charge in [0.05, 0.1) is 9.79 Å². The Morgan fingerprint density at radius 3 is 1.60 bits per heavy atom. The molecule has 5 nitrogen and oxygen atoms in total. The lowest BCUT2D eigenvalue weighted by molar-refractivity contribution is 0.542. The predicted octanol–water partition coefficient (Wildman–Crippen LogP) is 4.03. The van der Waals surface area contributed by atoms with Crippen LogP contribution in [0.25, 0.3) is 0 Å². The molecule has 3 rings (SSSR count). The van der Waals surface area contributed by atoms with Crippen LogP contribution in [0.1, 0.15) is 24.5 Å². The third kappa shape index (κ3) is 4.73. The highest BCUT2D eigenvalue weighted by Crippen LogP contribution is 2.23. The van der Waals surface area contributed by atoms with E-state index in [4.69, 9.17) is 0 Å². The molecule has 0 aromatic heterocycles. The average molecular weight is 440 g/mol. The summed E-state index contributed by atoms with van der Waals surface area (Å²) in [6.45, 7) is 2.08. The highest BCUT2D eigenvalue weighted by molar-refractivity contribution is 8.04. The Kier molecular flexibility index (Phi) is 6.60. The molecule has 0 saturated heterocycles. The second-order valence-corrected chi connectivity index (χ2v) is 10.3.